The Kier molecular flexibility index (Phi) is 1.35. The zero-order valence-corrected chi connectivity index (χ0v) is 5.93. The van der Waals surface area contributed by atoms with Gasteiger partial charge in [-0.15, -0.1) is 0 Å². The first kappa shape index (κ1) is 5.78. The molecule has 0 radical (unpaired) electrons. The largest absolute Gasteiger partial charge is 0.362 e. The zero-order valence-electron chi connectivity index (χ0n) is 5.93. The number of hydrogen-bond acceptors (Lipinski definition) is 1. The number of fused-ring (bicyclic) bond motifs is 1. The fraction of sp³-hybridized carbons (Fsp3) is 0.333. The predicted molar refractivity (Wildman–Crippen MR) is 42.3 cm³/mol. The van der Waals surface area contributed by atoms with Crippen molar-refractivity contribution < 1.29 is 0 Å². The van der Waals surface area contributed by atoms with Gasteiger partial charge in [0.15, 0.2) is 0 Å². The fourth-order valence-corrected chi connectivity index (χ4v) is 1.43. The second-order valence-corrected chi connectivity index (χ2v) is 2.71. The van der Waals surface area contributed by atoms with Gasteiger partial charge >= 0.3 is 0 Å². The Morgan fingerprint density at radius 2 is 2.40 bits per heavy atom. The molecule has 1 heteroatoms. The molecule has 10 heavy (non-hydrogen) atoms. The summed E-state index contributed by atoms with van der Waals surface area (Å²) in [5.41, 5.74) is 2.79. The van der Waals surface area contributed by atoms with Crippen LogP contribution in [0.1, 0.15) is 19.3 Å². The molecule has 1 heterocycles. The number of allylic oxidation sites excluding steroid dienone is 4. The minimum atomic E-state index is 1.23. The smallest absolute Gasteiger partial charge is 0.0371 e. The fourth-order valence-electron chi connectivity index (χ4n) is 1.43. The minimum absolute atomic E-state index is 1.23. The van der Waals surface area contributed by atoms with E-state index in [1.165, 1.54) is 30.5 Å². The molecule has 1 aliphatic heterocycles. The van der Waals surface area contributed by atoms with E-state index < -0.39 is 0 Å². The molecule has 0 bridgehead atoms. The van der Waals surface area contributed by atoms with E-state index in [1.54, 1.807) is 0 Å². The highest BCUT2D eigenvalue weighted by atomic mass is 14.9. The van der Waals surface area contributed by atoms with Gasteiger partial charge in [-0.2, -0.15) is 0 Å². The Hall–Kier alpha value is -0.980. The van der Waals surface area contributed by atoms with Crippen LogP contribution in [0.5, 0.6) is 0 Å². The van der Waals surface area contributed by atoms with Gasteiger partial charge in [-0.1, -0.05) is 12.2 Å². The summed E-state index contributed by atoms with van der Waals surface area (Å²) in [4.78, 5) is 0. The van der Waals surface area contributed by atoms with E-state index >= 15 is 0 Å². The molecule has 2 rings (SSSR count). The molecule has 0 atom stereocenters. The summed E-state index contributed by atoms with van der Waals surface area (Å²) in [6, 6.07) is 0. The first-order chi connectivity index (χ1) is 4.97. The molecule has 2 aliphatic rings. The van der Waals surface area contributed by atoms with Crippen LogP contribution in [0.2, 0.25) is 0 Å². The maximum atomic E-state index is 3.23. The molecule has 0 aromatic heterocycles. The Morgan fingerprint density at radius 3 is 3.30 bits per heavy atom. The molecule has 1 N–H and O–H groups in total. The highest BCUT2D eigenvalue weighted by Crippen LogP contribution is 2.23. The predicted octanol–water partition coefficient (Wildman–Crippen LogP) is 2.10. The lowest BCUT2D eigenvalue weighted by molar-refractivity contribution is 0.773. The third-order valence-electron chi connectivity index (χ3n) is 1.98. The van der Waals surface area contributed by atoms with Crippen LogP contribution >= 0.6 is 0 Å². The highest BCUT2D eigenvalue weighted by molar-refractivity contribution is 5.38. The maximum Gasteiger partial charge on any atom is 0.0371 e. The van der Waals surface area contributed by atoms with E-state index in [9.17, 15) is 0 Å². The van der Waals surface area contributed by atoms with Gasteiger partial charge in [0.2, 0.25) is 0 Å². The Balaban J connectivity index is 2.32. The summed E-state index contributed by atoms with van der Waals surface area (Å²) in [6.07, 6.45) is 12.3. The SMILES string of the molecule is C1=CNC2=CCCCC2=C1. The van der Waals surface area contributed by atoms with Crippen LogP contribution in [0.4, 0.5) is 0 Å². The molecule has 0 saturated heterocycles. The molecule has 0 aromatic rings. The number of dihydropyridines is 1. The van der Waals surface area contributed by atoms with Gasteiger partial charge in [0, 0.05) is 11.9 Å². The molecule has 52 valence electrons. The van der Waals surface area contributed by atoms with Crippen molar-refractivity contribution in [3.8, 4) is 0 Å². The molecular weight excluding hydrogens is 122 g/mol. The summed E-state index contributed by atoms with van der Waals surface area (Å²) in [5, 5.41) is 3.23. The Morgan fingerprint density at radius 1 is 1.40 bits per heavy atom. The summed E-state index contributed by atoms with van der Waals surface area (Å²) in [6.45, 7) is 0. The van der Waals surface area contributed by atoms with E-state index in [1.807, 2.05) is 6.20 Å². The second kappa shape index (κ2) is 2.33. The molecule has 0 amide bonds. The highest BCUT2D eigenvalue weighted by Gasteiger charge is 2.09. The van der Waals surface area contributed by atoms with Gasteiger partial charge in [0.05, 0.1) is 0 Å². The molecule has 0 fully saturated rings. The van der Waals surface area contributed by atoms with Crippen molar-refractivity contribution in [3.63, 3.8) is 0 Å². The van der Waals surface area contributed by atoms with E-state index in [-0.39, 0.29) is 0 Å². The number of rotatable bonds is 0. The van der Waals surface area contributed by atoms with Crippen molar-refractivity contribution >= 4 is 0 Å². The zero-order chi connectivity index (χ0) is 6.81. The van der Waals surface area contributed by atoms with Crippen molar-refractivity contribution in [2.45, 2.75) is 19.3 Å². The standard InChI is InChI=1S/C9H11N/c1-2-6-9-8(4-1)5-3-7-10-9/h3,5-7,10H,1-2,4H2. The van der Waals surface area contributed by atoms with Crippen LogP contribution in [-0.4, -0.2) is 0 Å². The van der Waals surface area contributed by atoms with Crippen molar-refractivity contribution in [2.75, 3.05) is 0 Å². The van der Waals surface area contributed by atoms with E-state index in [0.29, 0.717) is 0 Å². The van der Waals surface area contributed by atoms with Crippen LogP contribution in [0.25, 0.3) is 0 Å². The summed E-state index contributed by atoms with van der Waals surface area (Å²) in [7, 11) is 0. The van der Waals surface area contributed by atoms with Gasteiger partial charge in [-0.3, -0.25) is 0 Å². The van der Waals surface area contributed by atoms with E-state index in [0.717, 1.165) is 0 Å². The van der Waals surface area contributed by atoms with Gasteiger partial charge in [-0.25, -0.2) is 0 Å². The molecule has 0 spiro atoms. The molecule has 0 saturated carbocycles. The van der Waals surface area contributed by atoms with Crippen LogP contribution in [0, 0.1) is 0 Å². The van der Waals surface area contributed by atoms with Crippen molar-refractivity contribution in [3.05, 3.63) is 35.7 Å². The summed E-state index contributed by atoms with van der Waals surface area (Å²) >= 11 is 0. The number of hydrogen-bond donors (Lipinski definition) is 1. The average molecular weight is 133 g/mol. The second-order valence-electron chi connectivity index (χ2n) is 2.71. The lowest BCUT2D eigenvalue weighted by atomic mass is 9.97. The van der Waals surface area contributed by atoms with Crippen molar-refractivity contribution in [2.24, 2.45) is 0 Å². The molecule has 1 aliphatic carbocycles. The molecular formula is C9H11N. The quantitative estimate of drug-likeness (QED) is 0.533. The van der Waals surface area contributed by atoms with Crippen LogP contribution in [0.3, 0.4) is 0 Å². The Labute approximate surface area is 61.1 Å². The third kappa shape index (κ3) is 0.878. The van der Waals surface area contributed by atoms with Crippen molar-refractivity contribution in [1.82, 2.24) is 5.32 Å². The van der Waals surface area contributed by atoms with Gasteiger partial charge in [0.25, 0.3) is 0 Å². The van der Waals surface area contributed by atoms with Crippen LogP contribution in [-0.2, 0) is 0 Å². The lowest BCUT2D eigenvalue weighted by Crippen LogP contribution is -2.12. The van der Waals surface area contributed by atoms with Crippen LogP contribution in [0.15, 0.2) is 35.7 Å². The summed E-state index contributed by atoms with van der Waals surface area (Å²) < 4.78 is 0. The average Bonchev–Trinajstić information content (AvgIpc) is 2.05. The monoisotopic (exact) mass is 133 g/mol. The molecule has 0 aromatic carbocycles. The van der Waals surface area contributed by atoms with Crippen LogP contribution < -0.4 is 5.32 Å². The van der Waals surface area contributed by atoms with Gasteiger partial charge in [0.1, 0.15) is 0 Å². The normalized spacial score (nSPS) is 22.4. The summed E-state index contributed by atoms with van der Waals surface area (Å²) in [5.74, 6) is 0. The van der Waals surface area contributed by atoms with Gasteiger partial charge in [-0.05, 0) is 30.9 Å². The Bertz CT molecular complexity index is 221. The van der Waals surface area contributed by atoms with E-state index in [2.05, 4.69) is 23.5 Å². The van der Waals surface area contributed by atoms with Crippen molar-refractivity contribution in [1.29, 1.82) is 0 Å². The van der Waals surface area contributed by atoms with Gasteiger partial charge < -0.3 is 5.32 Å². The maximum absolute atomic E-state index is 3.23. The minimum Gasteiger partial charge on any atom is -0.362 e. The van der Waals surface area contributed by atoms with E-state index in [4.69, 9.17) is 0 Å². The molecule has 0 unspecified atom stereocenters. The lowest BCUT2D eigenvalue weighted by Gasteiger charge is -2.18. The third-order valence-corrected chi connectivity index (χ3v) is 1.98. The topological polar surface area (TPSA) is 12.0 Å². The first-order valence-electron chi connectivity index (χ1n) is 3.79. The first-order valence-corrected chi connectivity index (χ1v) is 3.79. The number of nitrogens with one attached hydrogen (secondary N) is 1. The molecule has 1 nitrogen and oxygen atoms in total.